The number of amidine groups is 1. The van der Waals surface area contributed by atoms with Crippen molar-refractivity contribution in [2.45, 2.75) is 38.6 Å². The molecule has 2 rings (SSSR count). The first-order chi connectivity index (χ1) is 6.14. The lowest BCUT2D eigenvalue weighted by molar-refractivity contribution is 0.111. The standard InChI is InChI=1S/C10H18N2O/c1-7-4-3-5-10(8(7)2)6-13-9(11)12-10/h7-8H,3-6H2,1-2H3,(H2,11,12). The second-order valence-corrected chi connectivity index (χ2v) is 4.50. The molecule has 1 aliphatic carbocycles. The molecule has 1 saturated carbocycles. The van der Waals surface area contributed by atoms with Crippen LogP contribution in [0.5, 0.6) is 0 Å². The van der Waals surface area contributed by atoms with Crippen LogP contribution in [0.4, 0.5) is 0 Å². The maximum atomic E-state index is 5.58. The molecule has 1 heterocycles. The molecule has 2 N–H and O–H groups in total. The van der Waals surface area contributed by atoms with E-state index in [0.29, 0.717) is 18.5 Å². The van der Waals surface area contributed by atoms with Crippen molar-refractivity contribution in [3.8, 4) is 0 Å². The lowest BCUT2D eigenvalue weighted by atomic mass is 9.69. The van der Waals surface area contributed by atoms with Crippen LogP contribution in [0.25, 0.3) is 0 Å². The third-order valence-electron chi connectivity index (χ3n) is 3.77. The average Bonchev–Trinajstić information content (AvgIpc) is 2.45. The van der Waals surface area contributed by atoms with Gasteiger partial charge in [0, 0.05) is 0 Å². The fourth-order valence-electron chi connectivity index (χ4n) is 2.58. The number of nitrogens with two attached hydrogens (primary N) is 1. The molecule has 0 aromatic rings. The lowest BCUT2D eigenvalue weighted by Crippen LogP contribution is -2.42. The lowest BCUT2D eigenvalue weighted by Gasteiger charge is -2.39. The summed E-state index contributed by atoms with van der Waals surface area (Å²) in [7, 11) is 0. The normalized spacial score (nSPS) is 44.6. The quantitative estimate of drug-likeness (QED) is 0.617. The van der Waals surface area contributed by atoms with Crippen LogP contribution in [0.3, 0.4) is 0 Å². The minimum absolute atomic E-state index is 0.0156. The zero-order valence-electron chi connectivity index (χ0n) is 8.42. The van der Waals surface area contributed by atoms with E-state index in [-0.39, 0.29) is 5.54 Å². The summed E-state index contributed by atoms with van der Waals surface area (Å²) in [5.41, 5.74) is 5.59. The van der Waals surface area contributed by atoms with Crippen LogP contribution >= 0.6 is 0 Å². The summed E-state index contributed by atoms with van der Waals surface area (Å²) in [4.78, 5) is 4.48. The van der Waals surface area contributed by atoms with E-state index in [2.05, 4.69) is 18.8 Å². The minimum atomic E-state index is 0.0156. The first-order valence-electron chi connectivity index (χ1n) is 5.12. The van der Waals surface area contributed by atoms with Crippen LogP contribution in [0.15, 0.2) is 4.99 Å². The maximum absolute atomic E-state index is 5.58. The van der Waals surface area contributed by atoms with E-state index in [1.807, 2.05) is 0 Å². The maximum Gasteiger partial charge on any atom is 0.282 e. The second kappa shape index (κ2) is 2.89. The molecule has 0 radical (unpaired) electrons. The van der Waals surface area contributed by atoms with Crippen LogP contribution in [0.1, 0.15) is 33.1 Å². The first-order valence-corrected chi connectivity index (χ1v) is 5.12. The van der Waals surface area contributed by atoms with Crippen LogP contribution in [0, 0.1) is 11.8 Å². The third kappa shape index (κ3) is 1.30. The average molecular weight is 182 g/mol. The summed E-state index contributed by atoms with van der Waals surface area (Å²) >= 11 is 0. The van der Waals surface area contributed by atoms with Gasteiger partial charge in [0.25, 0.3) is 6.02 Å². The fraction of sp³-hybridized carbons (Fsp3) is 0.900. The van der Waals surface area contributed by atoms with Crippen molar-refractivity contribution in [3.63, 3.8) is 0 Å². The van der Waals surface area contributed by atoms with Gasteiger partial charge in [0.15, 0.2) is 0 Å². The van der Waals surface area contributed by atoms with Gasteiger partial charge in [-0.15, -0.1) is 0 Å². The first kappa shape index (κ1) is 8.85. The molecule has 1 spiro atoms. The highest BCUT2D eigenvalue weighted by molar-refractivity contribution is 5.73. The monoisotopic (exact) mass is 182 g/mol. The number of rotatable bonds is 0. The van der Waals surface area contributed by atoms with Gasteiger partial charge in [0.1, 0.15) is 12.1 Å². The van der Waals surface area contributed by atoms with Crippen LogP contribution in [-0.4, -0.2) is 18.2 Å². The highest BCUT2D eigenvalue weighted by atomic mass is 16.5. The van der Waals surface area contributed by atoms with Crippen LogP contribution in [-0.2, 0) is 4.74 Å². The van der Waals surface area contributed by atoms with Gasteiger partial charge < -0.3 is 10.5 Å². The molecular weight excluding hydrogens is 164 g/mol. The van der Waals surface area contributed by atoms with E-state index in [0.717, 1.165) is 12.3 Å². The summed E-state index contributed by atoms with van der Waals surface area (Å²) in [6.07, 6.45) is 3.71. The summed E-state index contributed by atoms with van der Waals surface area (Å²) in [5, 5.41) is 0. The van der Waals surface area contributed by atoms with Crippen molar-refractivity contribution in [1.82, 2.24) is 0 Å². The highest BCUT2D eigenvalue weighted by Crippen LogP contribution is 2.42. The molecule has 0 aromatic heterocycles. The fourth-order valence-corrected chi connectivity index (χ4v) is 2.58. The topological polar surface area (TPSA) is 47.6 Å². The van der Waals surface area contributed by atoms with Crippen molar-refractivity contribution in [2.24, 2.45) is 22.6 Å². The minimum Gasteiger partial charge on any atom is -0.463 e. The van der Waals surface area contributed by atoms with E-state index in [1.54, 1.807) is 0 Å². The largest absolute Gasteiger partial charge is 0.463 e. The predicted molar refractivity (Wildman–Crippen MR) is 52.5 cm³/mol. The Morgan fingerprint density at radius 1 is 1.54 bits per heavy atom. The number of aliphatic imine (C=N–C) groups is 1. The van der Waals surface area contributed by atoms with E-state index in [9.17, 15) is 0 Å². The number of nitrogens with zero attached hydrogens (tertiary/aromatic N) is 1. The molecule has 3 unspecified atom stereocenters. The number of ether oxygens (including phenoxy) is 1. The Labute approximate surface area is 79.4 Å². The molecule has 1 fully saturated rings. The van der Waals surface area contributed by atoms with Gasteiger partial charge in [-0.25, -0.2) is 4.99 Å². The molecule has 0 saturated heterocycles. The summed E-state index contributed by atoms with van der Waals surface area (Å²) in [6.45, 7) is 5.27. The van der Waals surface area contributed by atoms with Crippen LogP contribution in [0.2, 0.25) is 0 Å². The Kier molecular flexibility index (Phi) is 1.97. The molecule has 3 atom stereocenters. The Morgan fingerprint density at radius 2 is 2.31 bits per heavy atom. The molecule has 1 aliphatic heterocycles. The van der Waals surface area contributed by atoms with Crippen molar-refractivity contribution < 1.29 is 4.74 Å². The van der Waals surface area contributed by atoms with Gasteiger partial charge in [0.2, 0.25) is 0 Å². The van der Waals surface area contributed by atoms with Gasteiger partial charge >= 0.3 is 0 Å². The Morgan fingerprint density at radius 3 is 2.92 bits per heavy atom. The molecule has 3 heteroatoms. The Balaban J connectivity index is 2.21. The highest BCUT2D eigenvalue weighted by Gasteiger charge is 2.45. The molecule has 2 aliphatic rings. The predicted octanol–water partition coefficient (Wildman–Crippen LogP) is 1.53. The Bertz CT molecular complexity index is 239. The Hall–Kier alpha value is -0.730. The summed E-state index contributed by atoms with van der Waals surface area (Å²) in [5.74, 6) is 1.34. The van der Waals surface area contributed by atoms with Crippen LogP contribution < -0.4 is 5.73 Å². The SMILES string of the molecule is CC1CCCC2(COC(N)=N2)C1C. The molecule has 3 nitrogen and oxygen atoms in total. The van der Waals surface area contributed by atoms with Crippen molar-refractivity contribution in [1.29, 1.82) is 0 Å². The van der Waals surface area contributed by atoms with Gasteiger partial charge in [-0.3, -0.25) is 0 Å². The number of hydrogen-bond donors (Lipinski definition) is 1. The molecular formula is C10H18N2O. The van der Waals surface area contributed by atoms with Gasteiger partial charge in [-0.05, 0) is 18.3 Å². The summed E-state index contributed by atoms with van der Waals surface area (Å²) < 4.78 is 5.29. The molecule has 74 valence electrons. The summed E-state index contributed by atoms with van der Waals surface area (Å²) in [6, 6.07) is 0.390. The van der Waals surface area contributed by atoms with Gasteiger partial charge in [-0.1, -0.05) is 26.7 Å². The molecule has 13 heavy (non-hydrogen) atoms. The van der Waals surface area contributed by atoms with E-state index in [4.69, 9.17) is 10.5 Å². The third-order valence-corrected chi connectivity index (χ3v) is 3.77. The van der Waals surface area contributed by atoms with Gasteiger partial charge in [-0.2, -0.15) is 0 Å². The molecule has 0 aromatic carbocycles. The molecule has 0 bridgehead atoms. The second-order valence-electron chi connectivity index (χ2n) is 4.50. The van der Waals surface area contributed by atoms with Crippen molar-refractivity contribution in [2.75, 3.05) is 6.61 Å². The van der Waals surface area contributed by atoms with E-state index in [1.165, 1.54) is 12.8 Å². The van der Waals surface area contributed by atoms with E-state index < -0.39 is 0 Å². The molecule has 0 amide bonds. The van der Waals surface area contributed by atoms with Crippen molar-refractivity contribution in [3.05, 3.63) is 0 Å². The van der Waals surface area contributed by atoms with E-state index >= 15 is 0 Å². The zero-order chi connectivity index (χ0) is 9.47. The van der Waals surface area contributed by atoms with Crippen molar-refractivity contribution >= 4 is 6.02 Å². The van der Waals surface area contributed by atoms with Gasteiger partial charge in [0.05, 0.1) is 0 Å². The smallest absolute Gasteiger partial charge is 0.282 e. The number of hydrogen-bond acceptors (Lipinski definition) is 3. The zero-order valence-corrected chi connectivity index (χ0v) is 8.42.